The fraction of sp³-hybridized carbons (Fsp3) is 0.391. The molecule has 1 aliphatic heterocycles. The molecule has 3 aromatic rings. The van der Waals surface area contributed by atoms with Crippen LogP contribution >= 0.6 is 11.3 Å². The van der Waals surface area contributed by atoms with Gasteiger partial charge in [-0.2, -0.15) is 13.2 Å². The summed E-state index contributed by atoms with van der Waals surface area (Å²) in [5, 5.41) is 3.48. The lowest BCUT2D eigenvalue weighted by Crippen LogP contribution is -2.26. The lowest BCUT2D eigenvalue weighted by atomic mass is 10.1. The zero-order valence-corrected chi connectivity index (χ0v) is 19.2. The molecule has 2 aromatic heterocycles. The van der Waals surface area contributed by atoms with Gasteiger partial charge in [0.25, 0.3) is 5.91 Å². The smallest absolute Gasteiger partial charge is 0.451 e. The predicted molar refractivity (Wildman–Crippen MR) is 120 cm³/mol. The number of ether oxygens (including phenoxy) is 2. The van der Waals surface area contributed by atoms with E-state index in [1.165, 1.54) is 0 Å². The second kappa shape index (κ2) is 10.5. The summed E-state index contributed by atoms with van der Waals surface area (Å²) < 4.78 is 49.5. The molecule has 0 bridgehead atoms. The van der Waals surface area contributed by atoms with Gasteiger partial charge in [-0.3, -0.25) is 4.79 Å². The fourth-order valence-corrected chi connectivity index (χ4v) is 4.23. The van der Waals surface area contributed by atoms with Crippen molar-refractivity contribution < 1.29 is 27.4 Å². The summed E-state index contributed by atoms with van der Waals surface area (Å²) >= 11 is 1.55. The van der Waals surface area contributed by atoms with Gasteiger partial charge >= 0.3 is 6.18 Å². The number of hydrogen-bond donors (Lipinski definition) is 1. The first-order valence-electron chi connectivity index (χ1n) is 10.8. The Labute approximate surface area is 198 Å². The summed E-state index contributed by atoms with van der Waals surface area (Å²) in [6.07, 6.45) is 1.67. The van der Waals surface area contributed by atoms with E-state index in [0.717, 1.165) is 47.1 Å². The van der Waals surface area contributed by atoms with Gasteiger partial charge < -0.3 is 14.8 Å². The molecule has 3 heterocycles. The Morgan fingerprint density at radius 3 is 2.53 bits per heavy atom. The Morgan fingerprint density at radius 1 is 1.15 bits per heavy atom. The van der Waals surface area contributed by atoms with Crippen molar-refractivity contribution in [1.82, 2.24) is 20.3 Å². The number of nitrogens with one attached hydrogen (secondary N) is 1. The van der Waals surface area contributed by atoms with Crippen LogP contribution in [-0.4, -0.2) is 40.2 Å². The quantitative estimate of drug-likeness (QED) is 0.516. The maximum Gasteiger partial charge on any atom is 0.451 e. The molecule has 0 saturated carbocycles. The number of benzene rings is 1. The van der Waals surface area contributed by atoms with E-state index in [9.17, 15) is 18.0 Å². The number of aromatic nitrogens is 3. The second-order valence-electron chi connectivity index (χ2n) is 7.76. The maximum absolute atomic E-state index is 12.9. The molecule has 0 radical (unpaired) electrons. The van der Waals surface area contributed by atoms with Crippen LogP contribution in [0.3, 0.4) is 0 Å². The van der Waals surface area contributed by atoms with Crippen LogP contribution < -0.4 is 10.1 Å². The molecular formula is C23H23F3N4O3S. The van der Waals surface area contributed by atoms with Crippen molar-refractivity contribution in [3.8, 4) is 16.3 Å². The largest absolute Gasteiger partial charge is 0.490 e. The van der Waals surface area contributed by atoms with Gasteiger partial charge in [0.1, 0.15) is 16.9 Å². The Morgan fingerprint density at radius 2 is 1.88 bits per heavy atom. The van der Waals surface area contributed by atoms with Gasteiger partial charge in [-0.25, -0.2) is 15.0 Å². The van der Waals surface area contributed by atoms with Gasteiger partial charge in [-0.15, -0.1) is 11.3 Å². The number of carbonyl (C=O) groups is 1. The van der Waals surface area contributed by atoms with E-state index in [1.807, 2.05) is 19.2 Å². The number of nitrogens with zero attached hydrogens (tertiary/aromatic N) is 3. The van der Waals surface area contributed by atoms with E-state index in [2.05, 4.69) is 20.3 Å². The highest BCUT2D eigenvalue weighted by Gasteiger charge is 2.34. The molecule has 0 spiro atoms. The van der Waals surface area contributed by atoms with Crippen molar-refractivity contribution >= 4 is 17.2 Å². The van der Waals surface area contributed by atoms with Gasteiger partial charge in [0, 0.05) is 59.5 Å². The molecule has 1 fully saturated rings. The topological polar surface area (TPSA) is 86.2 Å². The molecule has 1 aliphatic rings. The number of hydrogen-bond acceptors (Lipinski definition) is 7. The molecule has 0 unspecified atom stereocenters. The van der Waals surface area contributed by atoms with E-state index in [0.29, 0.717) is 30.1 Å². The maximum atomic E-state index is 12.9. The number of rotatable bonds is 7. The summed E-state index contributed by atoms with van der Waals surface area (Å²) in [5.41, 5.74) is 1.47. The highest BCUT2D eigenvalue weighted by molar-refractivity contribution is 7.15. The van der Waals surface area contributed by atoms with Crippen molar-refractivity contribution in [3.63, 3.8) is 0 Å². The van der Waals surface area contributed by atoms with Crippen molar-refractivity contribution in [3.05, 3.63) is 58.6 Å². The summed E-state index contributed by atoms with van der Waals surface area (Å²) in [4.78, 5) is 25.1. The van der Waals surface area contributed by atoms with Gasteiger partial charge in [-0.1, -0.05) is 6.92 Å². The minimum absolute atomic E-state index is 0.00768. The van der Waals surface area contributed by atoms with Crippen molar-refractivity contribution in [2.75, 3.05) is 13.2 Å². The lowest BCUT2D eigenvalue weighted by Gasteiger charge is -2.23. The van der Waals surface area contributed by atoms with Crippen molar-refractivity contribution in [2.45, 2.75) is 45.0 Å². The minimum atomic E-state index is -4.61. The first-order chi connectivity index (χ1) is 16.3. The minimum Gasteiger partial charge on any atom is -0.490 e. The molecule has 7 nitrogen and oxygen atoms in total. The van der Waals surface area contributed by atoms with Crippen molar-refractivity contribution in [2.24, 2.45) is 0 Å². The van der Waals surface area contributed by atoms with E-state index in [1.54, 1.807) is 23.5 Å². The Bertz CT molecular complexity index is 1130. The van der Waals surface area contributed by atoms with Crippen molar-refractivity contribution in [1.29, 1.82) is 0 Å². The number of carbonyl (C=O) groups excluding carboxylic acids is 1. The van der Waals surface area contributed by atoms with Crippen LogP contribution in [0.4, 0.5) is 13.2 Å². The number of halogens is 3. The monoisotopic (exact) mass is 492 g/mol. The molecule has 1 aromatic carbocycles. The zero-order valence-electron chi connectivity index (χ0n) is 18.4. The molecule has 1 saturated heterocycles. The SMILES string of the molecule is CCc1cnc(-c2cc(OC3CCOCC3)cc(C(=O)NCc3cnc(C(F)(F)F)nc3)c2)s1. The van der Waals surface area contributed by atoms with Crippen LogP contribution in [0.15, 0.2) is 36.8 Å². The molecule has 4 rings (SSSR count). The summed E-state index contributed by atoms with van der Waals surface area (Å²) in [6.45, 7) is 3.28. The highest BCUT2D eigenvalue weighted by Crippen LogP contribution is 2.31. The molecule has 0 atom stereocenters. The first kappa shape index (κ1) is 24.1. The van der Waals surface area contributed by atoms with Gasteiger partial charge in [0.05, 0.1) is 13.2 Å². The molecule has 34 heavy (non-hydrogen) atoms. The number of alkyl halides is 3. The standard InChI is InChI=1S/C23H23F3N4O3S/c1-2-19-13-28-21(34-19)16-7-15(8-18(9-16)33-17-3-5-32-6-4-17)20(31)27-10-14-11-29-22(30-12-14)23(24,25)26/h7-9,11-13,17H,2-6,10H2,1H3,(H,27,31). The van der Waals surface area contributed by atoms with E-state index < -0.39 is 17.9 Å². The predicted octanol–water partition coefficient (Wildman–Crippen LogP) is 4.67. The van der Waals surface area contributed by atoms with E-state index >= 15 is 0 Å². The first-order valence-corrected chi connectivity index (χ1v) is 11.6. The summed E-state index contributed by atoms with van der Waals surface area (Å²) in [6, 6.07) is 5.26. The van der Waals surface area contributed by atoms with Crippen LogP contribution in [0.5, 0.6) is 5.75 Å². The molecule has 0 aliphatic carbocycles. The van der Waals surface area contributed by atoms with Crippen LogP contribution in [0.2, 0.25) is 0 Å². The summed E-state index contributed by atoms with van der Waals surface area (Å²) in [5.74, 6) is -1.06. The average Bonchev–Trinajstić information content (AvgIpc) is 3.32. The van der Waals surface area contributed by atoms with Gasteiger partial charge in [-0.05, 0) is 24.6 Å². The van der Waals surface area contributed by atoms with Crippen LogP contribution in [0, 0.1) is 0 Å². The molecule has 180 valence electrons. The third-order valence-electron chi connectivity index (χ3n) is 5.20. The van der Waals surface area contributed by atoms with Gasteiger partial charge in [0.15, 0.2) is 0 Å². The fourth-order valence-electron chi connectivity index (χ4n) is 3.39. The lowest BCUT2D eigenvalue weighted by molar-refractivity contribution is -0.145. The van der Waals surface area contributed by atoms with E-state index in [-0.39, 0.29) is 12.6 Å². The van der Waals surface area contributed by atoms with Crippen LogP contribution in [-0.2, 0) is 23.9 Å². The van der Waals surface area contributed by atoms with Crippen LogP contribution in [0.1, 0.15) is 46.4 Å². The Kier molecular flexibility index (Phi) is 7.42. The second-order valence-corrected chi connectivity index (χ2v) is 8.87. The number of aryl methyl sites for hydroxylation is 1. The molecule has 1 amide bonds. The number of thiazole rings is 1. The Balaban J connectivity index is 1.53. The summed E-state index contributed by atoms with van der Waals surface area (Å²) in [7, 11) is 0. The Hall–Kier alpha value is -3.05. The van der Waals surface area contributed by atoms with Gasteiger partial charge in [0.2, 0.25) is 5.82 Å². The average molecular weight is 493 g/mol. The zero-order chi connectivity index (χ0) is 24.1. The normalized spacial score (nSPS) is 14.7. The van der Waals surface area contributed by atoms with Crippen LogP contribution in [0.25, 0.3) is 10.6 Å². The third-order valence-corrected chi connectivity index (χ3v) is 6.39. The highest BCUT2D eigenvalue weighted by atomic mass is 32.1. The van der Waals surface area contributed by atoms with E-state index in [4.69, 9.17) is 9.47 Å². The number of amides is 1. The molecular weight excluding hydrogens is 469 g/mol. The third kappa shape index (κ3) is 6.09. The molecule has 1 N–H and O–H groups in total. The molecule has 11 heteroatoms.